The van der Waals surface area contributed by atoms with Gasteiger partial charge in [0, 0.05) is 13.3 Å². The lowest BCUT2D eigenvalue weighted by Crippen LogP contribution is -2.25. The average molecular weight is 196 g/mol. The fourth-order valence-electron chi connectivity index (χ4n) is 1.62. The molecule has 0 aromatic heterocycles. The Balaban J connectivity index is 1.88. The highest BCUT2D eigenvalue weighted by atomic mass is 16.5. The monoisotopic (exact) mass is 196 g/mol. The second-order valence-electron chi connectivity index (χ2n) is 4.39. The van der Waals surface area contributed by atoms with Gasteiger partial charge in [-0.05, 0) is 13.8 Å². The summed E-state index contributed by atoms with van der Waals surface area (Å²) in [5, 5.41) is 0. The third-order valence-corrected chi connectivity index (χ3v) is 2.29. The van der Waals surface area contributed by atoms with Crippen molar-refractivity contribution in [3.63, 3.8) is 0 Å². The highest BCUT2D eigenvalue weighted by Crippen LogP contribution is 2.20. The van der Waals surface area contributed by atoms with Crippen molar-refractivity contribution in [1.82, 2.24) is 0 Å². The van der Waals surface area contributed by atoms with Crippen LogP contribution in [0.3, 0.4) is 0 Å². The molecular weight excluding hydrogens is 180 g/mol. The van der Waals surface area contributed by atoms with E-state index in [-0.39, 0.29) is 11.6 Å². The van der Waals surface area contributed by atoms with E-state index in [1.54, 1.807) is 0 Å². The fourth-order valence-corrected chi connectivity index (χ4v) is 1.62. The third kappa shape index (κ3) is 2.05. The molecule has 0 saturated heterocycles. The Morgan fingerprint density at radius 2 is 2.29 bits per heavy atom. The molecule has 4 heteroatoms. The zero-order valence-corrected chi connectivity index (χ0v) is 8.91. The van der Waals surface area contributed by atoms with E-state index in [1.807, 2.05) is 20.8 Å². The van der Waals surface area contributed by atoms with Crippen LogP contribution in [0.5, 0.6) is 0 Å². The molecule has 2 aliphatic rings. The molecule has 0 saturated carbocycles. The van der Waals surface area contributed by atoms with Gasteiger partial charge >= 0.3 is 0 Å². The van der Waals surface area contributed by atoms with Crippen molar-refractivity contribution in [3.8, 4) is 0 Å². The van der Waals surface area contributed by atoms with Crippen LogP contribution in [0.25, 0.3) is 0 Å². The van der Waals surface area contributed by atoms with Gasteiger partial charge < -0.3 is 9.47 Å². The summed E-state index contributed by atoms with van der Waals surface area (Å²) >= 11 is 0. The Bertz CT molecular complexity index is 294. The zero-order valence-electron chi connectivity index (χ0n) is 8.91. The highest BCUT2D eigenvalue weighted by Gasteiger charge is 2.29. The molecule has 0 aromatic rings. The summed E-state index contributed by atoms with van der Waals surface area (Å²) in [6.07, 6.45) is 0.765. The van der Waals surface area contributed by atoms with Crippen molar-refractivity contribution in [2.75, 3.05) is 13.2 Å². The molecule has 0 bridgehead atoms. The quantitative estimate of drug-likeness (QED) is 0.670. The second kappa shape index (κ2) is 3.26. The van der Waals surface area contributed by atoms with Crippen LogP contribution < -0.4 is 0 Å². The molecule has 2 rings (SSSR count). The van der Waals surface area contributed by atoms with E-state index in [9.17, 15) is 0 Å². The van der Waals surface area contributed by atoms with Gasteiger partial charge in [0.1, 0.15) is 12.2 Å². The maximum Gasteiger partial charge on any atom is 0.186 e. The number of hydrogen-bond donors (Lipinski definition) is 0. The van der Waals surface area contributed by atoms with Crippen LogP contribution in [-0.2, 0) is 9.47 Å². The number of hydrogen-bond acceptors (Lipinski definition) is 4. The SMILES string of the molecule is CC1=NC(CC2=NCC(C)(C)O2)CO1. The third-order valence-electron chi connectivity index (χ3n) is 2.29. The molecule has 0 radical (unpaired) electrons. The van der Waals surface area contributed by atoms with E-state index < -0.39 is 0 Å². The van der Waals surface area contributed by atoms with Crippen LogP contribution in [-0.4, -0.2) is 36.6 Å². The lowest BCUT2D eigenvalue weighted by Gasteiger charge is -2.17. The average Bonchev–Trinajstić information content (AvgIpc) is 2.59. The van der Waals surface area contributed by atoms with Crippen LogP contribution in [0.4, 0.5) is 0 Å². The zero-order chi connectivity index (χ0) is 10.2. The van der Waals surface area contributed by atoms with Crippen molar-refractivity contribution in [1.29, 1.82) is 0 Å². The van der Waals surface area contributed by atoms with E-state index in [1.165, 1.54) is 0 Å². The fraction of sp³-hybridized carbons (Fsp3) is 0.800. The first-order valence-electron chi connectivity index (χ1n) is 4.95. The Hall–Kier alpha value is -1.06. The molecule has 2 heterocycles. The van der Waals surface area contributed by atoms with Gasteiger partial charge in [0.15, 0.2) is 11.8 Å². The first-order valence-corrected chi connectivity index (χ1v) is 4.95. The van der Waals surface area contributed by atoms with Crippen LogP contribution in [0.15, 0.2) is 9.98 Å². The molecular formula is C10H16N2O2. The lowest BCUT2D eigenvalue weighted by atomic mass is 10.1. The molecule has 1 atom stereocenters. The molecule has 0 amide bonds. The first-order chi connectivity index (χ1) is 6.55. The van der Waals surface area contributed by atoms with Crippen LogP contribution in [0, 0.1) is 0 Å². The standard InChI is InChI=1S/C10H16N2O2/c1-7-12-8(5-13-7)4-9-11-6-10(2,3)14-9/h8H,4-6H2,1-3H3. The molecule has 2 aliphatic heterocycles. The molecule has 14 heavy (non-hydrogen) atoms. The molecule has 78 valence electrons. The van der Waals surface area contributed by atoms with Crippen LogP contribution >= 0.6 is 0 Å². The molecule has 1 unspecified atom stereocenters. The van der Waals surface area contributed by atoms with Gasteiger partial charge in [-0.2, -0.15) is 0 Å². The molecule has 0 fully saturated rings. The van der Waals surface area contributed by atoms with Gasteiger partial charge in [0.05, 0.1) is 12.6 Å². The minimum Gasteiger partial charge on any atom is -0.479 e. The summed E-state index contributed by atoms with van der Waals surface area (Å²) in [6.45, 7) is 7.38. The highest BCUT2D eigenvalue weighted by molar-refractivity contribution is 5.80. The van der Waals surface area contributed by atoms with Crippen LogP contribution in [0.2, 0.25) is 0 Å². The number of rotatable bonds is 2. The van der Waals surface area contributed by atoms with E-state index in [0.29, 0.717) is 6.61 Å². The molecule has 0 aromatic carbocycles. The summed E-state index contributed by atoms with van der Waals surface area (Å²) in [7, 11) is 0. The predicted octanol–water partition coefficient (Wildman–Crippen LogP) is 1.40. The topological polar surface area (TPSA) is 43.2 Å². The minimum atomic E-state index is -0.131. The number of aliphatic imine (C=N–C) groups is 2. The summed E-state index contributed by atoms with van der Waals surface area (Å²) in [5.74, 6) is 1.59. The summed E-state index contributed by atoms with van der Waals surface area (Å²) < 4.78 is 10.9. The molecule has 0 N–H and O–H groups in total. The summed E-state index contributed by atoms with van der Waals surface area (Å²) in [5.41, 5.74) is -0.131. The maximum atomic E-state index is 5.67. The van der Waals surface area contributed by atoms with Crippen molar-refractivity contribution in [3.05, 3.63) is 0 Å². The minimum absolute atomic E-state index is 0.131. The van der Waals surface area contributed by atoms with E-state index in [0.717, 1.165) is 24.8 Å². The Morgan fingerprint density at radius 1 is 1.50 bits per heavy atom. The maximum absolute atomic E-state index is 5.67. The largest absolute Gasteiger partial charge is 0.479 e. The van der Waals surface area contributed by atoms with Crippen LogP contribution in [0.1, 0.15) is 27.2 Å². The number of ether oxygens (including phenoxy) is 2. The summed E-state index contributed by atoms with van der Waals surface area (Å²) in [4.78, 5) is 8.68. The van der Waals surface area contributed by atoms with Gasteiger partial charge in [-0.3, -0.25) is 4.99 Å². The van der Waals surface area contributed by atoms with E-state index in [2.05, 4.69) is 9.98 Å². The van der Waals surface area contributed by atoms with E-state index in [4.69, 9.17) is 9.47 Å². The second-order valence-corrected chi connectivity index (χ2v) is 4.39. The molecule has 0 spiro atoms. The van der Waals surface area contributed by atoms with Gasteiger partial charge in [0.2, 0.25) is 0 Å². The van der Waals surface area contributed by atoms with Crippen molar-refractivity contribution < 1.29 is 9.47 Å². The van der Waals surface area contributed by atoms with Crippen molar-refractivity contribution in [2.45, 2.75) is 38.8 Å². The predicted molar refractivity (Wildman–Crippen MR) is 54.9 cm³/mol. The van der Waals surface area contributed by atoms with Crippen molar-refractivity contribution >= 4 is 11.8 Å². The van der Waals surface area contributed by atoms with E-state index >= 15 is 0 Å². The summed E-state index contributed by atoms with van der Waals surface area (Å²) in [6, 6.07) is 0.197. The van der Waals surface area contributed by atoms with Gasteiger partial charge in [0.25, 0.3) is 0 Å². The first kappa shape index (κ1) is 9.49. The Labute approximate surface area is 84.0 Å². The lowest BCUT2D eigenvalue weighted by molar-refractivity contribution is 0.125. The Morgan fingerprint density at radius 3 is 2.79 bits per heavy atom. The molecule has 4 nitrogen and oxygen atoms in total. The van der Waals surface area contributed by atoms with Gasteiger partial charge in [-0.25, -0.2) is 4.99 Å². The Kier molecular flexibility index (Phi) is 2.21. The number of nitrogens with zero attached hydrogens (tertiary/aromatic N) is 2. The normalized spacial score (nSPS) is 29.2. The van der Waals surface area contributed by atoms with Crippen molar-refractivity contribution in [2.24, 2.45) is 9.98 Å². The molecule has 0 aliphatic carbocycles. The van der Waals surface area contributed by atoms with Gasteiger partial charge in [-0.1, -0.05) is 0 Å². The van der Waals surface area contributed by atoms with Gasteiger partial charge in [-0.15, -0.1) is 0 Å². The smallest absolute Gasteiger partial charge is 0.186 e.